The highest BCUT2D eigenvalue weighted by atomic mass is 35.5. The molecule has 0 saturated heterocycles. The molecule has 4 aromatic carbocycles. The molecule has 15 heteroatoms. The molecule has 5 rings (SSSR count). The monoisotopic (exact) mass is 853 g/mol. The van der Waals surface area contributed by atoms with Gasteiger partial charge in [-0.25, -0.2) is 8.42 Å². The zero-order valence-corrected chi connectivity index (χ0v) is 35.8. The summed E-state index contributed by atoms with van der Waals surface area (Å²) >= 11 is 18.9. The van der Waals surface area contributed by atoms with Crippen molar-refractivity contribution in [3.63, 3.8) is 0 Å². The van der Waals surface area contributed by atoms with Crippen LogP contribution < -0.4 is 25.1 Å². The Hall–Kier alpha value is -4.46. The van der Waals surface area contributed by atoms with Crippen LogP contribution in [0.3, 0.4) is 0 Å². The molecule has 1 aliphatic heterocycles. The standard InChI is InChI=1S/C42H46Cl3N5O6S/c1-8-33(56-34-20-19-26(41(4,5)9-2)22-30(34)42(6,7)10-3)39(52)46-28-16-14-15-25(21-28)38(51)47-37-35(49-57(54,55)29-17-12-11-13-18-29)40(53)50(48-37)36-31(44)23-27(43)24-32(36)45/h11-24,33,35,49H,8-10H2,1-7H3,(H,46,52)(H,47,48,51). The predicted octanol–water partition coefficient (Wildman–Crippen LogP) is 9.26. The third-order valence-corrected chi connectivity index (χ3v) is 12.5. The van der Waals surface area contributed by atoms with Gasteiger partial charge < -0.3 is 15.4 Å². The molecule has 2 unspecified atom stereocenters. The summed E-state index contributed by atoms with van der Waals surface area (Å²) in [5.74, 6) is -1.77. The van der Waals surface area contributed by atoms with Crippen molar-refractivity contribution in [3.05, 3.63) is 117 Å². The number of carbonyl (C=O) groups is 3. The van der Waals surface area contributed by atoms with Crippen LogP contribution in [0.25, 0.3) is 0 Å². The second-order valence-corrected chi connectivity index (χ2v) is 17.9. The van der Waals surface area contributed by atoms with Gasteiger partial charge in [-0.15, -0.1) is 5.10 Å². The van der Waals surface area contributed by atoms with Crippen LogP contribution in [-0.2, 0) is 30.4 Å². The Labute approximate surface area is 349 Å². The molecule has 57 heavy (non-hydrogen) atoms. The lowest BCUT2D eigenvalue weighted by Crippen LogP contribution is -2.51. The fourth-order valence-corrected chi connectivity index (χ4v) is 8.13. The lowest BCUT2D eigenvalue weighted by atomic mass is 9.76. The SMILES string of the molecule is CCC(Oc1ccc(C(C)(C)CC)cc1C(C)(C)CC)C(=O)Nc1cccc(C(=O)NC2=NN(c3c(Cl)cc(Cl)cc3Cl)C(=O)C2NS(=O)(=O)c2ccccc2)c1. The van der Waals surface area contributed by atoms with Gasteiger partial charge in [0.05, 0.1) is 14.9 Å². The highest BCUT2D eigenvalue weighted by Crippen LogP contribution is 2.40. The van der Waals surface area contributed by atoms with E-state index in [1.165, 1.54) is 54.1 Å². The largest absolute Gasteiger partial charge is 0.480 e. The average Bonchev–Trinajstić information content (AvgIpc) is 3.45. The summed E-state index contributed by atoms with van der Waals surface area (Å²) < 4.78 is 35.5. The highest BCUT2D eigenvalue weighted by molar-refractivity contribution is 7.89. The quantitative estimate of drug-likeness (QED) is 0.115. The van der Waals surface area contributed by atoms with E-state index in [0.29, 0.717) is 17.9 Å². The lowest BCUT2D eigenvalue weighted by molar-refractivity contribution is -0.123. The van der Waals surface area contributed by atoms with E-state index in [1.54, 1.807) is 18.2 Å². The molecular formula is C42H46Cl3N5O6S. The van der Waals surface area contributed by atoms with Crippen LogP contribution in [0, 0.1) is 0 Å². The first-order valence-electron chi connectivity index (χ1n) is 18.5. The van der Waals surface area contributed by atoms with Crippen molar-refractivity contribution in [1.82, 2.24) is 10.0 Å². The number of amidine groups is 1. The van der Waals surface area contributed by atoms with Crippen LogP contribution in [0.4, 0.5) is 11.4 Å². The zero-order chi connectivity index (χ0) is 41.9. The Morgan fingerprint density at radius 2 is 1.49 bits per heavy atom. The normalized spacial score (nSPS) is 15.3. The highest BCUT2D eigenvalue weighted by Gasteiger charge is 2.42. The summed E-state index contributed by atoms with van der Waals surface area (Å²) in [5.41, 5.74) is 2.27. The fourth-order valence-electron chi connectivity index (χ4n) is 5.98. The molecule has 0 fully saturated rings. The average molecular weight is 855 g/mol. The number of carbonyl (C=O) groups excluding carboxylic acids is 3. The van der Waals surface area contributed by atoms with Crippen molar-refractivity contribution in [2.24, 2.45) is 5.10 Å². The third kappa shape index (κ3) is 9.81. The number of amides is 3. The van der Waals surface area contributed by atoms with E-state index in [0.717, 1.165) is 23.4 Å². The van der Waals surface area contributed by atoms with E-state index in [9.17, 15) is 22.8 Å². The second-order valence-electron chi connectivity index (χ2n) is 14.9. The summed E-state index contributed by atoms with van der Waals surface area (Å²) in [7, 11) is -4.30. The van der Waals surface area contributed by atoms with Gasteiger partial charge in [-0.1, -0.05) is 120 Å². The number of halogens is 3. The second kappa shape index (κ2) is 17.6. The van der Waals surface area contributed by atoms with Crippen molar-refractivity contribution in [2.45, 2.75) is 95.6 Å². The van der Waals surface area contributed by atoms with Crippen molar-refractivity contribution in [1.29, 1.82) is 0 Å². The molecule has 4 aromatic rings. The molecule has 0 radical (unpaired) electrons. The molecule has 0 aromatic heterocycles. The van der Waals surface area contributed by atoms with Crippen molar-refractivity contribution >= 4 is 79.8 Å². The van der Waals surface area contributed by atoms with E-state index in [-0.39, 0.29) is 47.9 Å². The van der Waals surface area contributed by atoms with Gasteiger partial charge in [0.15, 0.2) is 18.0 Å². The van der Waals surface area contributed by atoms with Gasteiger partial charge in [0, 0.05) is 21.8 Å². The van der Waals surface area contributed by atoms with Gasteiger partial charge >= 0.3 is 0 Å². The summed E-state index contributed by atoms with van der Waals surface area (Å²) in [6.45, 7) is 14.9. The van der Waals surface area contributed by atoms with Crippen LogP contribution in [0.2, 0.25) is 15.1 Å². The van der Waals surface area contributed by atoms with Crippen LogP contribution in [-0.4, -0.2) is 44.1 Å². The maximum atomic E-state index is 13.8. The Kier molecular flexibility index (Phi) is 13.5. The topological polar surface area (TPSA) is 146 Å². The number of sulfonamides is 1. The van der Waals surface area contributed by atoms with Gasteiger partial charge in [-0.2, -0.15) is 9.73 Å². The molecule has 302 valence electrons. The van der Waals surface area contributed by atoms with Gasteiger partial charge in [-0.3, -0.25) is 14.4 Å². The summed E-state index contributed by atoms with van der Waals surface area (Å²) in [6.07, 6.45) is 1.33. The molecule has 2 atom stereocenters. The van der Waals surface area contributed by atoms with Crippen LogP contribution in [0.1, 0.15) is 89.2 Å². The van der Waals surface area contributed by atoms with Crippen LogP contribution >= 0.6 is 34.8 Å². The number of ether oxygens (including phenoxy) is 1. The minimum atomic E-state index is -4.30. The van der Waals surface area contributed by atoms with Gasteiger partial charge in [0.1, 0.15) is 11.4 Å². The molecule has 1 aliphatic rings. The summed E-state index contributed by atoms with van der Waals surface area (Å²) in [5, 5.41) is 10.6. The molecule has 3 N–H and O–H groups in total. The number of anilines is 2. The minimum absolute atomic E-state index is 0.0371. The third-order valence-electron chi connectivity index (χ3n) is 10.3. The van der Waals surface area contributed by atoms with E-state index in [2.05, 4.69) is 74.1 Å². The molecule has 0 aliphatic carbocycles. The smallest absolute Gasteiger partial charge is 0.273 e. The summed E-state index contributed by atoms with van der Waals surface area (Å²) in [6, 6.07) is 20.7. The number of benzene rings is 4. The van der Waals surface area contributed by atoms with Crippen LogP contribution in [0.5, 0.6) is 5.75 Å². The number of nitrogens with one attached hydrogen (secondary N) is 3. The summed E-state index contributed by atoms with van der Waals surface area (Å²) in [4.78, 5) is 41.1. The Morgan fingerprint density at radius 1 is 0.842 bits per heavy atom. The van der Waals surface area contributed by atoms with Crippen molar-refractivity contribution in [2.75, 3.05) is 10.3 Å². The molecule has 11 nitrogen and oxygen atoms in total. The molecule has 0 bridgehead atoms. The Morgan fingerprint density at radius 3 is 2.11 bits per heavy atom. The Bertz CT molecular complexity index is 2290. The first-order chi connectivity index (χ1) is 26.8. The molecule has 0 spiro atoms. The van der Waals surface area contributed by atoms with Gasteiger partial charge in [0.25, 0.3) is 17.7 Å². The lowest BCUT2D eigenvalue weighted by Gasteiger charge is -2.31. The predicted molar refractivity (Wildman–Crippen MR) is 227 cm³/mol. The minimum Gasteiger partial charge on any atom is -0.480 e. The number of nitrogens with zero attached hydrogens (tertiary/aromatic N) is 2. The maximum absolute atomic E-state index is 13.8. The fraction of sp³-hybridized carbons (Fsp3) is 0.333. The van der Waals surface area contributed by atoms with E-state index < -0.39 is 39.9 Å². The van der Waals surface area contributed by atoms with Crippen molar-refractivity contribution < 1.29 is 27.5 Å². The van der Waals surface area contributed by atoms with Crippen molar-refractivity contribution in [3.8, 4) is 5.75 Å². The number of hydrogen-bond donors (Lipinski definition) is 3. The maximum Gasteiger partial charge on any atom is 0.273 e. The van der Waals surface area contributed by atoms with Gasteiger partial charge in [-0.05, 0) is 84.2 Å². The Balaban J connectivity index is 1.39. The molecule has 0 saturated carbocycles. The molecule has 1 heterocycles. The van der Waals surface area contributed by atoms with E-state index in [4.69, 9.17) is 39.5 Å². The number of rotatable bonds is 14. The number of hydrazone groups is 1. The van der Waals surface area contributed by atoms with E-state index in [1.807, 2.05) is 13.0 Å². The van der Waals surface area contributed by atoms with Crippen LogP contribution in [0.15, 0.2) is 94.9 Å². The first-order valence-corrected chi connectivity index (χ1v) is 21.1. The first kappa shape index (κ1) is 43.7. The van der Waals surface area contributed by atoms with E-state index >= 15 is 0 Å². The van der Waals surface area contributed by atoms with Gasteiger partial charge in [0.2, 0.25) is 10.0 Å². The zero-order valence-electron chi connectivity index (χ0n) is 32.7. The number of hydrogen-bond acceptors (Lipinski definition) is 7. The molecular weight excluding hydrogens is 809 g/mol. The molecule has 3 amide bonds.